The Labute approximate surface area is 101 Å². The van der Waals surface area contributed by atoms with E-state index in [0.29, 0.717) is 12.5 Å². The smallest absolute Gasteiger partial charge is 0.191 e. The van der Waals surface area contributed by atoms with Gasteiger partial charge in [-0.15, -0.1) is 11.3 Å². The topological polar surface area (TPSA) is 54.5 Å². The number of aliphatic imine (C=N–C) groups is 1. The van der Waals surface area contributed by atoms with Crippen LogP contribution in [-0.2, 0) is 13.0 Å². The van der Waals surface area contributed by atoms with Crippen molar-refractivity contribution >= 4 is 17.3 Å². The number of hydrogen-bond donors (Lipinski definition) is 1. The number of nitrogens with two attached hydrogens (primary N) is 1. The Hall–Kier alpha value is -1.10. The van der Waals surface area contributed by atoms with Crippen molar-refractivity contribution in [3.63, 3.8) is 0 Å². The predicted molar refractivity (Wildman–Crippen MR) is 69.7 cm³/mol. The summed E-state index contributed by atoms with van der Waals surface area (Å²) in [5.74, 6) is 0.609. The first-order chi connectivity index (χ1) is 7.71. The first kappa shape index (κ1) is 13.0. The van der Waals surface area contributed by atoms with Crippen LogP contribution in [0.3, 0.4) is 0 Å². The average Bonchev–Trinajstić information content (AvgIpc) is 2.76. The molecule has 0 saturated carbocycles. The van der Waals surface area contributed by atoms with Crippen LogP contribution >= 0.6 is 11.3 Å². The first-order valence-corrected chi connectivity index (χ1v) is 6.51. The summed E-state index contributed by atoms with van der Waals surface area (Å²) in [6.45, 7) is 8.65. The van der Waals surface area contributed by atoms with Gasteiger partial charge in [-0.3, -0.25) is 0 Å². The number of aryl methyl sites for hydroxylation is 1. The van der Waals surface area contributed by atoms with E-state index in [1.54, 1.807) is 11.3 Å². The second-order valence-electron chi connectivity index (χ2n) is 3.42. The van der Waals surface area contributed by atoms with Crippen molar-refractivity contribution in [3.05, 3.63) is 16.1 Å². The number of rotatable bonds is 5. The Morgan fingerprint density at radius 2 is 2.12 bits per heavy atom. The molecule has 90 valence electrons. The van der Waals surface area contributed by atoms with E-state index < -0.39 is 0 Å². The second kappa shape index (κ2) is 6.48. The predicted octanol–water partition coefficient (Wildman–Crippen LogP) is 1.86. The monoisotopic (exact) mass is 240 g/mol. The molecule has 0 atom stereocenters. The molecule has 2 N–H and O–H groups in total. The number of aromatic nitrogens is 1. The Bertz CT molecular complexity index is 342. The molecule has 4 nitrogen and oxygen atoms in total. The van der Waals surface area contributed by atoms with Crippen LogP contribution in [0.4, 0.5) is 0 Å². The Balaban J connectivity index is 2.57. The molecule has 1 aromatic heterocycles. The fraction of sp³-hybridized carbons (Fsp3) is 0.636. The van der Waals surface area contributed by atoms with Gasteiger partial charge >= 0.3 is 0 Å². The normalized spacial score (nSPS) is 11.8. The summed E-state index contributed by atoms with van der Waals surface area (Å²) in [6, 6.07) is 0. The van der Waals surface area contributed by atoms with Crippen LogP contribution in [0.1, 0.15) is 30.7 Å². The van der Waals surface area contributed by atoms with Gasteiger partial charge in [0.25, 0.3) is 0 Å². The van der Waals surface area contributed by atoms with E-state index in [0.717, 1.165) is 24.5 Å². The maximum absolute atomic E-state index is 5.88. The summed E-state index contributed by atoms with van der Waals surface area (Å²) in [5.41, 5.74) is 5.88. The van der Waals surface area contributed by atoms with E-state index in [-0.39, 0.29) is 0 Å². The van der Waals surface area contributed by atoms with E-state index in [4.69, 9.17) is 5.73 Å². The zero-order valence-corrected chi connectivity index (χ0v) is 11.0. The van der Waals surface area contributed by atoms with Gasteiger partial charge in [-0.25, -0.2) is 9.98 Å². The lowest BCUT2D eigenvalue weighted by molar-refractivity contribution is 0.458. The molecule has 0 aliphatic carbocycles. The SMILES string of the molecule is CCc1cnc(CN=C(N)N(CC)CC)s1. The van der Waals surface area contributed by atoms with Gasteiger partial charge in [0.1, 0.15) is 5.01 Å². The Morgan fingerprint density at radius 3 is 2.62 bits per heavy atom. The lowest BCUT2D eigenvalue weighted by Crippen LogP contribution is -2.37. The quantitative estimate of drug-likeness (QED) is 0.631. The summed E-state index contributed by atoms with van der Waals surface area (Å²) in [6.07, 6.45) is 2.95. The van der Waals surface area contributed by atoms with E-state index in [9.17, 15) is 0 Å². The maximum Gasteiger partial charge on any atom is 0.191 e. The summed E-state index contributed by atoms with van der Waals surface area (Å²) in [4.78, 5) is 12.0. The van der Waals surface area contributed by atoms with Crippen molar-refractivity contribution in [2.75, 3.05) is 13.1 Å². The second-order valence-corrected chi connectivity index (χ2v) is 4.62. The molecule has 0 bridgehead atoms. The van der Waals surface area contributed by atoms with E-state index in [1.165, 1.54) is 4.88 Å². The van der Waals surface area contributed by atoms with Crippen LogP contribution < -0.4 is 5.73 Å². The molecule has 1 rings (SSSR count). The molecule has 0 saturated heterocycles. The molecular formula is C11H20N4S. The maximum atomic E-state index is 5.88. The van der Waals surface area contributed by atoms with E-state index in [1.807, 2.05) is 11.1 Å². The molecule has 0 fully saturated rings. The minimum atomic E-state index is 0.590. The highest BCUT2D eigenvalue weighted by molar-refractivity contribution is 7.11. The zero-order chi connectivity index (χ0) is 12.0. The van der Waals surface area contributed by atoms with Gasteiger partial charge in [0.15, 0.2) is 5.96 Å². The van der Waals surface area contributed by atoms with Crippen molar-refractivity contribution in [2.24, 2.45) is 10.7 Å². The van der Waals surface area contributed by atoms with Crippen LogP contribution in [0.25, 0.3) is 0 Å². The van der Waals surface area contributed by atoms with Gasteiger partial charge in [-0.2, -0.15) is 0 Å². The van der Waals surface area contributed by atoms with Crippen LogP contribution in [0, 0.1) is 0 Å². The van der Waals surface area contributed by atoms with Gasteiger partial charge in [-0.05, 0) is 20.3 Å². The van der Waals surface area contributed by atoms with Crippen molar-refractivity contribution in [2.45, 2.75) is 33.7 Å². The summed E-state index contributed by atoms with van der Waals surface area (Å²) < 4.78 is 0. The van der Waals surface area contributed by atoms with Crippen LogP contribution in [0.15, 0.2) is 11.2 Å². The molecule has 1 heterocycles. The molecular weight excluding hydrogens is 220 g/mol. The Kier molecular flexibility index (Phi) is 5.25. The van der Waals surface area contributed by atoms with E-state index in [2.05, 4.69) is 30.7 Å². The third kappa shape index (κ3) is 3.48. The molecule has 0 unspecified atom stereocenters. The van der Waals surface area contributed by atoms with Gasteiger partial charge in [0, 0.05) is 24.2 Å². The lowest BCUT2D eigenvalue weighted by atomic mass is 10.4. The highest BCUT2D eigenvalue weighted by Gasteiger charge is 2.03. The molecule has 1 aromatic rings. The summed E-state index contributed by atoms with van der Waals surface area (Å²) >= 11 is 1.71. The van der Waals surface area contributed by atoms with Crippen molar-refractivity contribution in [3.8, 4) is 0 Å². The summed E-state index contributed by atoms with van der Waals surface area (Å²) in [7, 11) is 0. The summed E-state index contributed by atoms with van der Waals surface area (Å²) in [5, 5.41) is 1.03. The first-order valence-electron chi connectivity index (χ1n) is 5.69. The van der Waals surface area contributed by atoms with Crippen LogP contribution in [0.2, 0.25) is 0 Å². The number of hydrogen-bond acceptors (Lipinski definition) is 3. The van der Waals surface area contributed by atoms with Crippen molar-refractivity contribution < 1.29 is 0 Å². The average molecular weight is 240 g/mol. The molecule has 16 heavy (non-hydrogen) atoms. The number of nitrogens with zero attached hydrogens (tertiary/aromatic N) is 3. The van der Waals surface area contributed by atoms with Gasteiger partial charge in [0.05, 0.1) is 6.54 Å². The minimum absolute atomic E-state index is 0.590. The van der Waals surface area contributed by atoms with Crippen LogP contribution in [0.5, 0.6) is 0 Å². The third-order valence-electron chi connectivity index (χ3n) is 2.41. The highest BCUT2D eigenvalue weighted by Crippen LogP contribution is 2.14. The lowest BCUT2D eigenvalue weighted by Gasteiger charge is -2.18. The molecule has 0 aliphatic rings. The number of thiazole rings is 1. The largest absolute Gasteiger partial charge is 0.370 e. The Morgan fingerprint density at radius 1 is 1.44 bits per heavy atom. The van der Waals surface area contributed by atoms with Gasteiger partial charge in [0.2, 0.25) is 0 Å². The molecule has 5 heteroatoms. The van der Waals surface area contributed by atoms with Gasteiger partial charge in [-0.1, -0.05) is 6.92 Å². The number of guanidine groups is 1. The van der Waals surface area contributed by atoms with Crippen molar-refractivity contribution in [1.82, 2.24) is 9.88 Å². The molecule has 0 amide bonds. The highest BCUT2D eigenvalue weighted by atomic mass is 32.1. The van der Waals surface area contributed by atoms with Crippen LogP contribution in [-0.4, -0.2) is 28.9 Å². The zero-order valence-electron chi connectivity index (χ0n) is 10.2. The molecule has 0 aliphatic heterocycles. The van der Waals surface area contributed by atoms with Gasteiger partial charge < -0.3 is 10.6 Å². The fourth-order valence-corrected chi connectivity index (χ4v) is 2.17. The molecule has 0 radical (unpaired) electrons. The molecule has 0 aromatic carbocycles. The van der Waals surface area contributed by atoms with Crippen molar-refractivity contribution in [1.29, 1.82) is 0 Å². The van der Waals surface area contributed by atoms with E-state index >= 15 is 0 Å². The third-order valence-corrected chi connectivity index (χ3v) is 3.54. The standard InChI is InChI=1S/C11H20N4S/c1-4-9-7-13-10(16-9)8-14-11(12)15(5-2)6-3/h7H,4-6,8H2,1-3H3,(H2,12,14). The minimum Gasteiger partial charge on any atom is -0.370 e. The molecule has 0 spiro atoms. The fourth-order valence-electron chi connectivity index (χ4n) is 1.38.